The molecule has 2 N–H and O–H groups in total. The van der Waals surface area contributed by atoms with Gasteiger partial charge in [-0.05, 0) is 48.1 Å². The molecule has 138 valence electrons. The molecule has 0 aliphatic heterocycles. The highest BCUT2D eigenvalue weighted by Crippen LogP contribution is 2.16. The third kappa shape index (κ3) is 5.16. The molecule has 0 radical (unpaired) electrons. The fourth-order valence-electron chi connectivity index (χ4n) is 2.49. The molecule has 28 heavy (non-hydrogen) atoms. The smallest absolute Gasteiger partial charge is 0.257 e. The lowest BCUT2D eigenvalue weighted by molar-refractivity contribution is 0.0977. The molecule has 0 fully saturated rings. The first kappa shape index (κ1) is 19.1. The van der Waals surface area contributed by atoms with Crippen LogP contribution in [0.1, 0.15) is 21.5 Å². The Balaban J connectivity index is 1.61. The summed E-state index contributed by atoms with van der Waals surface area (Å²) in [6.45, 7) is 0.414. The van der Waals surface area contributed by atoms with Gasteiger partial charge in [-0.15, -0.1) is 0 Å². The summed E-state index contributed by atoms with van der Waals surface area (Å²) in [7, 11) is 0. The number of thiocarbonyl (C=S) groups is 1. The predicted molar refractivity (Wildman–Crippen MR) is 112 cm³/mol. The van der Waals surface area contributed by atoms with Crippen molar-refractivity contribution in [2.24, 2.45) is 0 Å². The Kier molecular flexibility index (Phi) is 6.34. The van der Waals surface area contributed by atoms with Gasteiger partial charge in [0.05, 0.1) is 11.3 Å². The summed E-state index contributed by atoms with van der Waals surface area (Å²) < 4.78 is 5.75. The number of ether oxygens (including phenoxy) is 1. The molecular weight excluding hydrogens is 370 g/mol. The second kappa shape index (κ2) is 9.31. The summed E-state index contributed by atoms with van der Waals surface area (Å²) in [5.74, 6) is 0.224. The molecule has 0 aliphatic carbocycles. The van der Waals surface area contributed by atoms with Crippen molar-refractivity contribution in [3.05, 3.63) is 95.6 Å². The molecule has 0 saturated heterocycles. The molecule has 0 aliphatic rings. The normalized spacial score (nSPS) is 9.82. The lowest BCUT2D eigenvalue weighted by atomic mass is 10.2. The van der Waals surface area contributed by atoms with Crippen molar-refractivity contribution in [3.63, 3.8) is 0 Å². The Morgan fingerprint density at radius 1 is 1.00 bits per heavy atom. The SMILES string of the molecule is N#Cc1ccccc1NC(=S)NC(=O)c1cccc(OCc2ccccc2)c1. The van der Waals surface area contributed by atoms with E-state index >= 15 is 0 Å². The van der Waals surface area contributed by atoms with Gasteiger partial charge in [-0.25, -0.2) is 0 Å². The third-order valence-corrected chi connectivity index (χ3v) is 4.07. The Morgan fingerprint density at radius 3 is 2.54 bits per heavy atom. The number of anilines is 1. The minimum Gasteiger partial charge on any atom is -0.489 e. The lowest BCUT2D eigenvalue weighted by Crippen LogP contribution is -2.34. The van der Waals surface area contributed by atoms with Crippen LogP contribution in [0.15, 0.2) is 78.9 Å². The van der Waals surface area contributed by atoms with Gasteiger partial charge in [0.2, 0.25) is 0 Å². The van der Waals surface area contributed by atoms with Crippen molar-refractivity contribution < 1.29 is 9.53 Å². The summed E-state index contributed by atoms with van der Waals surface area (Å²) in [5, 5.41) is 14.7. The van der Waals surface area contributed by atoms with Crippen LogP contribution in [0.25, 0.3) is 0 Å². The third-order valence-electron chi connectivity index (χ3n) is 3.87. The molecule has 1 amide bonds. The summed E-state index contributed by atoms with van der Waals surface area (Å²) in [4.78, 5) is 12.5. The minimum absolute atomic E-state index is 0.114. The number of rotatable bonds is 5. The van der Waals surface area contributed by atoms with E-state index in [1.165, 1.54) is 0 Å². The predicted octanol–water partition coefficient (Wildman–Crippen LogP) is 4.26. The van der Waals surface area contributed by atoms with Gasteiger partial charge in [0.1, 0.15) is 18.4 Å². The number of benzene rings is 3. The number of nitriles is 1. The molecule has 0 bridgehead atoms. The van der Waals surface area contributed by atoms with E-state index in [4.69, 9.17) is 22.2 Å². The first-order valence-electron chi connectivity index (χ1n) is 8.54. The Hall–Kier alpha value is -3.69. The summed E-state index contributed by atoms with van der Waals surface area (Å²) >= 11 is 5.18. The lowest BCUT2D eigenvalue weighted by Gasteiger charge is -2.11. The highest BCUT2D eigenvalue weighted by molar-refractivity contribution is 7.80. The van der Waals surface area contributed by atoms with E-state index in [1.54, 1.807) is 48.5 Å². The van der Waals surface area contributed by atoms with Crippen LogP contribution < -0.4 is 15.4 Å². The van der Waals surface area contributed by atoms with Gasteiger partial charge in [-0.1, -0.05) is 48.5 Å². The molecule has 0 aromatic heterocycles. The maximum absolute atomic E-state index is 12.5. The number of amides is 1. The van der Waals surface area contributed by atoms with Crippen LogP contribution >= 0.6 is 12.2 Å². The zero-order valence-electron chi connectivity index (χ0n) is 14.9. The van der Waals surface area contributed by atoms with Crippen molar-refractivity contribution in [2.45, 2.75) is 6.61 Å². The molecular formula is C22H17N3O2S. The van der Waals surface area contributed by atoms with Crippen LogP contribution in [0.3, 0.4) is 0 Å². The first-order chi connectivity index (χ1) is 13.7. The second-order valence-electron chi connectivity index (χ2n) is 5.87. The summed E-state index contributed by atoms with van der Waals surface area (Å²) in [6.07, 6.45) is 0. The number of carbonyl (C=O) groups is 1. The molecule has 0 atom stereocenters. The maximum atomic E-state index is 12.5. The number of hydrogen-bond donors (Lipinski definition) is 2. The van der Waals surface area contributed by atoms with E-state index in [2.05, 4.69) is 16.7 Å². The zero-order chi connectivity index (χ0) is 19.8. The van der Waals surface area contributed by atoms with Crippen molar-refractivity contribution in [1.29, 1.82) is 5.26 Å². The van der Waals surface area contributed by atoms with E-state index < -0.39 is 0 Å². The van der Waals surface area contributed by atoms with Gasteiger partial charge in [0.15, 0.2) is 5.11 Å². The minimum atomic E-state index is -0.364. The Morgan fingerprint density at radius 2 is 1.75 bits per heavy atom. The highest BCUT2D eigenvalue weighted by Gasteiger charge is 2.10. The largest absolute Gasteiger partial charge is 0.489 e. The molecule has 3 aromatic carbocycles. The average Bonchev–Trinajstić information content (AvgIpc) is 2.73. The maximum Gasteiger partial charge on any atom is 0.257 e. The quantitative estimate of drug-likeness (QED) is 0.640. The molecule has 3 aromatic rings. The average molecular weight is 387 g/mol. The van der Waals surface area contributed by atoms with Crippen LogP contribution in [0, 0.1) is 11.3 Å². The van der Waals surface area contributed by atoms with E-state index in [-0.39, 0.29) is 11.0 Å². The van der Waals surface area contributed by atoms with Crippen molar-refractivity contribution in [1.82, 2.24) is 5.32 Å². The van der Waals surface area contributed by atoms with Crippen LogP contribution in [0.4, 0.5) is 5.69 Å². The van der Waals surface area contributed by atoms with Gasteiger partial charge < -0.3 is 10.1 Å². The highest BCUT2D eigenvalue weighted by atomic mass is 32.1. The van der Waals surface area contributed by atoms with E-state index in [9.17, 15) is 4.79 Å². The molecule has 0 saturated carbocycles. The second-order valence-corrected chi connectivity index (χ2v) is 6.28. The zero-order valence-corrected chi connectivity index (χ0v) is 15.7. The van der Waals surface area contributed by atoms with E-state index in [0.717, 1.165) is 5.56 Å². The molecule has 0 unspecified atom stereocenters. The van der Waals surface area contributed by atoms with Crippen LogP contribution in [-0.4, -0.2) is 11.0 Å². The molecule has 5 nitrogen and oxygen atoms in total. The Bertz CT molecular complexity index is 1030. The van der Waals surface area contributed by atoms with Gasteiger partial charge in [0, 0.05) is 5.56 Å². The van der Waals surface area contributed by atoms with Gasteiger partial charge >= 0.3 is 0 Å². The molecule has 6 heteroatoms. The monoisotopic (exact) mass is 387 g/mol. The van der Waals surface area contributed by atoms with Crippen molar-refractivity contribution in [3.8, 4) is 11.8 Å². The fraction of sp³-hybridized carbons (Fsp3) is 0.0455. The number of carbonyl (C=O) groups excluding carboxylic acids is 1. The van der Waals surface area contributed by atoms with Gasteiger partial charge in [-0.2, -0.15) is 5.26 Å². The topological polar surface area (TPSA) is 74.2 Å². The molecule has 0 spiro atoms. The van der Waals surface area contributed by atoms with E-state index in [0.29, 0.717) is 29.2 Å². The first-order valence-corrected chi connectivity index (χ1v) is 8.95. The number of nitrogens with one attached hydrogen (secondary N) is 2. The molecule has 0 heterocycles. The van der Waals surface area contributed by atoms with Crippen LogP contribution in [0.2, 0.25) is 0 Å². The van der Waals surface area contributed by atoms with E-state index in [1.807, 2.05) is 30.3 Å². The number of nitrogens with zero attached hydrogens (tertiary/aromatic N) is 1. The van der Waals surface area contributed by atoms with Gasteiger partial charge in [0.25, 0.3) is 5.91 Å². The van der Waals surface area contributed by atoms with Crippen molar-refractivity contribution in [2.75, 3.05) is 5.32 Å². The molecule has 3 rings (SSSR count). The fourth-order valence-corrected chi connectivity index (χ4v) is 2.69. The van der Waals surface area contributed by atoms with Crippen LogP contribution in [-0.2, 0) is 6.61 Å². The van der Waals surface area contributed by atoms with Crippen LogP contribution in [0.5, 0.6) is 5.75 Å². The summed E-state index contributed by atoms with van der Waals surface area (Å²) in [6, 6.07) is 25.6. The van der Waals surface area contributed by atoms with Crippen molar-refractivity contribution >= 4 is 28.9 Å². The Labute approximate surface area is 168 Å². The number of para-hydroxylation sites is 1. The standard InChI is InChI=1S/C22H17N3O2S/c23-14-18-9-4-5-12-20(18)24-22(28)25-21(26)17-10-6-11-19(13-17)27-15-16-7-2-1-3-8-16/h1-13H,15H2,(H2,24,25,26,28). The van der Waals surface area contributed by atoms with Gasteiger partial charge in [-0.3, -0.25) is 10.1 Å². The summed E-state index contributed by atoms with van der Waals surface area (Å²) in [5.41, 5.74) is 2.44. The number of hydrogen-bond acceptors (Lipinski definition) is 4.